The molecule has 0 spiro atoms. The molecule has 2 atom stereocenters. The number of anilines is 1. The Balaban J connectivity index is 1.56. The highest BCUT2D eigenvalue weighted by Gasteiger charge is 2.34. The number of ether oxygens (including phenoxy) is 1. The number of carbonyl (C=O) groups is 1. The number of likely N-dealkylation sites (N-methyl/N-ethyl adjacent to an activating group) is 1. The lowest BCUT2D eigenvalue weighted by molar-refractivity contribution is 0.247. The molecule has 2 amide bonds. The van der Waals surface area contributed by atoms with Gasteiger partial charge < -0.3 is 15.0 Å². The van der Waals surface area contributed by atoms with Crippen LogP contribution in [0, 0.1) is 12.7 Å². The summed E-state index contributed by atoms with van der Waals surface area (Å²) >= 11 is 0. The highest BCUT2D eigenvalue weighted by Crippen LogP contribution is 2.30. The monoisotopic (exact) mass is 451 g/mol. The first-order valence-electron chi connectivity index (χ1n) is 11.3. The molecule has 2 aromatic carbocycles. The van der Waals surface area contributed by atoms with E-state index in [0.717, 1.165) is 29.9 Å². The molecule has 0 unspecified atom stereocenters. The number of nitrogens with zero attached hydrogens (tertiary/aromatic N) is 3. The maximum Gasteiger partial charge on any atom is 0.320 e. The van der Waals surface area contributed by atoms with E-state index in [1.807, 2.05) is 50.2 Å². The van der Waals surface area contributed by atoms with Gasteiger partial charge in [-0.1, -0.05) is 37.3 Å². The Morgan fingerprint density at radius 2 is 1.94 bits per heavy atom. The number of likely N-dealkylation sites (tertiary alicyclic amines) is 1. The quantitative estimate of drug-likeness (QED) is 0.561. The highest BCUT2D eigenvalue weighted by atomic mass is 19.1. The molecule has 0 aliphatic carbocycles. The van der Waals surface area contributed by atoms with E-state index in [1.165, 1.54) is 6.07 Å². The van der Waals surface area contributed by atoms with Crippen LogP contribution in [0.15, 0.2) is 54.6 Å². The molecule has 2 heterocycles. The molecule has 8 heteroatoms. The number of carbonyl (C=O) groups excluding carboxylic acids is 1. The van der Waals surface area contributed by atoms with Crippen molar-refractivity contribution < 1.29 is 13.9 Å². The minimum absolute atomic E-state index is 0.00511. The van der Waals surface area contributed by atoms with Crippen LogP contribution < -0.4 is 15.4 Å². The first-order chi connectivity index (χ1) is 16.0. The smallest absolute Gasteiger partial charge is 0.320 e. The number of aromatic nitrogens is 2. The second-order valence-corrected chi connectivity index (χ2v) is 8.18. The molecule has 0 saturated carbocycles. The van der Waals surface area contributed by atoms with Crippen LogP contribution in [0.4, 0.5) is 15.0 Å². The zero-order valence-corrected chi connectivity index (χ0v) is 19.2. The first kappa shape index (κ1) is 22.8. The summed E-state index contributed by atoms with van der Waals surface area (Å²) in [4.78, 5) is 15.4. The molecule has 7 nitrogen and oxygen atoms in total. The Morgan fingerprint density at radius 3 is 2.64 bits per heavy atom. The molecule has 0 bridgehead atoms. The number of halogens is 1. The van der Waals surface area contributed by atoms with Crippen LogP contribution in [0.1, 0.15) is 30.9 Å². The number of para-hydroxylation sites is 1. The summed E-state index contributed by atoms with van der Waals surface area (Å²) in [7, 11) is 0. The van der Waals surface area contributed by atoms with Crippen molar-refractivity contribution in [3.63, 3.8) is 0 Å². The standard InChI is InChI=1S/C25H30FN5O2/c1-4-30-15-21(18-10-9-11-19(26)14-18)22(16-30)27-25(32)28-23-17(3)24(33-5-2)29-31(23)20-12-7-6-8-13-20/h6-14,21-22H,4-5,15-16H2,1-3H3,(H2,27,28,32)/t21-,22+/m1/s1. The fraction of sp³-hybridized carbons (Fsp3) is 0.360. The third-order valence-electron chi connectivity index (χ3n) is 6.03. The molecule has 1 aliphatic heterocycles. The lowest BCUT2D eigenvalue weighted by Gasteiger charge is -2.21. The van der Waals surface area contributed by atoms with E-state index in [0.29, 0.717) is 24.8 Å². The van der Waals surface area contributed by atoms with Gasteiger partial charge in [0.1, 0.15) is 11.6 Å². The second-order valence-electron chi connectivity index (χ2n) is 8.18. The lowest BCUT2D eigenvalue weighted by Crippen LogP contribution is -2.42. The van der Waals surface area contributed by atoms with Crippen molar-refractivity contribution in [2.75, 3.05) is 31.6 Å². The van der Waals surface area contributed by atoms with E-state index in [4.69, 9.17) is 4.74 Å². The van der Waals surface area contributed by atoms with Crippen molar-refractivity contribution in [2.45, 2.75) is 32.7 Å². The van der Waals surface area contributed by atoms with Gasteiger partial charge in [0.25, 0.3) is 0 Å². The Bertz CT molecular complexity index is 1100. The molecule has 1 aromatic heterocycles. The van der Waals surface area contributed by atoms with E-state index in [9.17, 15) is 9.18 Å². The molecular formula is C25H30FN5O2. The van der Waals surface area contributed by atoms with Crippen molar-refractivity contribution >= 4 is 11.8 Å². The predicted molar refractivity (Wildman–Crippen MR) is 127 cm³/mol. The fourth-order valence-corrected chi connectivity index (χ4v) is 4.33. The molecule has 1 aliphatic rings. The van der Waals surface area contributed by atoms with Crippen LogP contribution >= 0.6 is 0 Å². The van der Waals surface area contributed by atoms with Crippen molar-refractivity contribution in [2.24, 2.45) is 0 Å². The highest BCUT2D eigenvalue weighted by molar-refractivity contribution is 5.90. The maximum absolute atomic E-state index is 13.9. The number of benzene rings is 2. The van der Waals surface area contributed by atoms with Gasteiger partial charge in [-0.15, -0.1) is 5.10 Å². The molecule has 4 rings (SSSR count). The minimum atomic E-state index is -0.331. The van der Waals surface area contributed by atoms with E-state index >= 15 is 0 Å². The van der Waals surface area contributed by atoms with Gasteiger partial charge in [-0.05, 0) is 50.2 Å². The topological polar surface area (TPSA) is 71.4 Å². The normalized spacial score (nSPS) is 18.3. The average Bonchev–Trinajstić information content (AvgIpc) is 3.36. The van der Waals surface area contributed by atoms with E-state index in [2.05, 4.69) is 27.6 Å². The summed E-state index contributed by atoms with van der Waals surface area (Å²) in [5, 5.41) is 10.6. The zero-order valence-electron chi connectivity index (χ0n) is 19.2. The van der Waals surface area contributed by atoms with Crippen molar-refractivity contribution in [3.8, 4) is 11.6 Å². The maximum atomic E-state index is 13.9. The Morgan fingerprint density at radius 1 is 1.15 bits per heavy atom. The van der Waals surface area contributed by atoms with Gasteiger partial charge in [-0.3, -0.25) is 5.32 Å². The van der Waals surface area contributed by atoms with Crippen LogP contribution in [0.25, 0.3) is 5.69 Å². The Kier molecular flexibility index (Phi) is 6.93. The zero-order chi connectivity index (χ0) is 23.4. The van der Waals surface area contributed by atoms with E-state index in [1.54, 1.807) is 16.8 Å². The molecule has 174 valence electrons. The summed E-state index contributed by atoms with van der Waals surface area (Å²) in [5.41, 5.74) is 2.46. The molecule has 1 saturated heterocycles. The number of amides is 2. The molecule has 1 fully saturated rings. The number of nitrogens with one attached hydrogen (secondary N) is 2. The summed E-state index contributed by atoms with van der Waals surface area (Å²) in [6.45, 7) is 8.66. The number of urea groups is 1. The van der Waals surface area contributed by atoms with E-state index in [-0.39, 0.29) is 23.8 Å². The van der Waals surface area contributed by atoms with Gasteiger partial charge in [0.15, 0.2) is 0 Å². The SMILES string of the molecule is CCOc1nn(-c2ccccc2)c(NC(=O)N[C@H]2CN(CC)C[C@@H]2c2cccc(F)c2)c1C. The molecule has 33 heavy (non-hydrogen) atoms. The van der Waals surface area contributed by atoms with Crippen LogP contribution in [-0.2, 0) is 0 Å². The summed E-state index contributed by atoms with van der Waals surface area (Å²) in [6.07, 6.45) is 0. The molecule has 0 radical (unpaired) electrons. The molecular weight excluding hydrogens is 421 g/mol. The third kappa shape index (κ3) is 5.01. The number of hydrogen-bond donors (Lipinski definition) is 2. The number of rotatable bonds is 7. The van der Waals surface area contributed by atoms with Crippen LogP contribution in [0.2, 0.25) is 0 Å². The predicted octanol–water partition coefficient (Wildman–Crippen LogP) is 4.33. The molecule has 2 N–H and O–H groups in total. The minimum Gasteiger partial charge on any atom is -0.477 e. The van der Waals surface area contributed by atoms with Crippen molar-refractivity contribution in [3.05, 3.63) is 71.5 Å². The van der Waals surface area contributed by atoms with Gasteiger partial charge >= 0.3 is 6.03 Å². The van der Waals surface area contributed by atoms with Crippen molar-refractivity contribution in [1.29, 1.82) is 0 Å². The Labute approximate surface area is 193 Å². The van der Waals surface area contributed by atoms with Crippen LogP contribution in [-0.4, -0.2) is 53.0 Å². The average molecular weight is 452 g/mol. The largest absolute Gasteiger partial charge is 0.477 e. The van der Waals surface area contributed by atoms with Gasteiger partial charge in [0, 0.05) is 19.0 Å². The van der Waals surface area contributed by atoms with E-state index < -0.39 is 0 Å². The van der Waals surface area contributed by atoms with Crippen LogP contribution in [0.5, 0.6) is 5.88 Å². The lowest BCUT2D eigenvalue weighted by atomic mass is 9.94. The van der Waals surface area contributed by atoms with Gasteiger partial charge in [0.05, 0.1) is 23.9 Å². The Hall–Kier alpha value is -3.39. The fourth-order valence-electron chi connectivity index (χ4n) is 4.33. The first-order valence-corrected chi connectivity index (χ1v) is 11.3. The summed E-state index contributed by atoms with van der Waals surface area (Å²) in [6, 6.07) is 15.7. The summed E-state index contributed by atoms with van der Waals surface area (Å²) < 4.78 is 21.2. The van der Waals surface area contributed by atoms with Crippen molar-refractivity contribution in [1.82, 2.24) is 20.0 Å². The van der Waals surface area contributed by atoms with Gasteiger partial charge in [-0.2, -0.15) is 0 Å². The third-order valence-corrected chi connectivity index (χ3v) is 6.03. The number of hydrogen-bond acceptors (Lipinski definition) is 4. The second kappa shape index (κ2) is 10.0. The summed E-state index contributed by atoms with van der Waals surface area (Å²) in [5.74, 6) is 0.768. The van der Waals surface area contributed by atoms with Gasteiger partial charge in [0.2, 0.25) is 5.88 Å². The molecule has 3 aromatic rings. The van der Waals surface area contributed by atoms with Gasteiger partial charge in [-0.25, -0.2) is 13.9 Å². The van der Waals surface area contributed by atoms with Crippen LogP contribution in [0.3, 0.4) is 0 Å².